The minimum absolute atomic E-state index is 0.0556. The van der Waals surface area contributed by atoms with E-state index >= 15 is 0 Å². The Bertz CT molecular complexity index is 429. The number of unbranched alkanes of at least 4 members (excludes halogenated alkanes) is 2. The summed E-state index contributed by atoms with van der Waals surface area (Å²) < 4.78 is 0. The number of amides is 1. The molecule has 0 aliphatic heterocycles. The minimum atomic E-state index is 0.0556. The van der Waals surface area contributed by atoms with Crippen molar-refractivity contribution in [2.24, 2.45) is 11.8 Å². The van der Waals surface area contributed by atoms with Gasteiger partial charge in [0.25, 0.3) is 0 Å². The van der Waals surface area contributed by atoms with Crippen LogP contribution >= 0.6 is 0 Å². The van der Waals surface area contributed by atoms with E-state index in [2.05, 4.69) is 50.5 Å². The van der Waals surface area contributed by atoms with Gasteiger partial charge in [0.1, 0.15) is 0 Å². The van der Waals surface area contributed by atoms with Crippen molar-refractivity contribution >= 4 is 5.91 Å². The first-order valence-electron chi connectivity index (χ1n) is 9.05. The molecule has 1 unspecified atom stereocenters. The first-order valence-corrected chi connectivity index (χ1v) is 9.05. The molecule has 0 saturated heterocycles. The van der Waals surface area contributed by atoms with Gasteiger partial charge in [-0.15, -0.1) is 0 Å². The molecule has 1 rings (SSSR count). The van der Waals surface area contributed by atoms with Gasteiger partial charge in [-0.2, -0.15) is 0 Å². The third-order valence-electron chi connectivity index (χ3n) is 4.15. The highest BCUT2D eigenvalue weighted by atomic mass is 16.1. The summed E-state index contributed by atoms with van der Waals surface area (Å²) in [6.07, 6.45) is 4.21. The Labute approximate surface area is 142 Å². The van der Waals surface area contributed by atoms with Crippen LogP contribution in [0.15, 0.2) is 30.3 Å². The summed E-state index contributed by atoms with van der Waals surface area (Å²) >= 11 is 0. The largest absolute Gasteiger partial charge is 0.356 e. The molecule has 1 aromatic carbocycles. The van der Waals surface area contributed by atoms with Crippen LogP contribution in [-0.2, 0) is 11.2 Å². The molecule has 0 aromatic heterocycles. The number of rotatable bonds is 11. The second kappa shape index (κ2) is 11.2. The van der Waals surface area contributed by atoms with Crippen molar-refractivity contribution < 1.29 is 4.79 Å². The molecule has 1 aromatic rings. The van der Waals surface area contributed by atoms with Crippen LogP contribution < -0.4 is 10.6 Å². The van der Waals surface area contributed by atoms with Gasteiger partial charge < -0.3 is 10.6 Å². The van der Waals surface area contributed by atoms with E-state index in [0.29, 0.717) is 12.0 Å². The maximum Gasteiger partial charge on any atom is 0.223 e. The predicted molar refractivity (Wildman–Crippen MR) is 98.5 cm³/mol. The molecule has 0 saturated carbocycles. The summed E-state index contributed by atoms with van der Waals surface area (Å²) in [5, 5.41) is 6.54. The Morgan fingerprint density at radius 2 is 1.61 bits per heavy atom. The lowest BCUT2D eigenvalue weighted by Crippen LogP contribution is -2.35. The van der Waals surface area contributed by atoms with Crippen LogP contribution in [0.4, 0.5) is 0 Å². The molecular weight excluding hydrogens is 284 g/mol. The maximum absolute atomic E-state index is 12.4. The van der Waals surface area contributed by atoms with E-state index in [1.54, 1.807) is 0 Å². The Balaban J connectivity index is 2.27. The molecule has 2 N–H and O–H groups in total. The van der Waals surface area contributed by atoms with E-state index in [1.807, 2.05) is 18.2 Å². The highest BCUT2D eigenvalue weighted by molar-refractivity contribution is 5.79. The lowest BCUT2D eigenvalue weighted by Gasteiger charge is -2.20. The molecule has 0 aliphatic rings. The molecule has 0 heterocycles. The highest BCUT2D eigenvalue weighted by Crippen LogP contribution is 2.17. The molecule has 23 heavy (non-hydrogen) atoms. The predicted octanol–water partition coefficient (Wildman–Crippen LogP) is 3.79. The summed E-state index contributed by atoms with van der Waals surface area (Å²) in [6, 6.07) is 10.8. The van der Waals surface area contributed by atoms with E-state index in [9.17, 15) is 4.79 Å². The van der Waals surface area contributed by atoms with Crippen molar-refractivity contribution in [3.63, 3.8) is 0 Å². The van der Waals surface area contributed by atoms with E-state index in [1.165, 1.54) is 12.0 Å². The van der Waals surface area contributed by atoms with Gasteiger partial charge in [-0.25, -0.2) is 0 Å². The zero-order chi connectivity index (χ0) is 17.1. The molecule has 0 spiro atoms. The van der Waals surface area contributed by atoms with Crippen molar-refractivity contribution in [1.82, 2.24) is 10.6 Å². The van der Waals surface area contributed by atoms with Gasteiger partial charge in [0.15, 0.2) is 0 Å². The number of hydrogen-bond donors (Lipinski definition) is 2. The summed E-state index contributed by atoms with van der Waals surface area (Å²) in [6.45, 7) is 10.4. The Morgan fingerprint density at radius 1 is 0.957 bits per heavy atom. The van der Waals surface area contributed by atoms with Crippen LogP contribution in [0.25, 0.3) is 0 Å². The zero-order valence-corrected chi connectivity index (χ0v) is 15.3. The van der Waals surface area contributed by atoms with Gasteiger partial charge in [-0.3, -0.25) is 4.79 Å². The van der Waals surface area contributed by atoms with Gasteiger partial charge in [-0.1, -0.05) is 64.4 Å². The molecule has 130 valence electrons. The van der Waals surface area contributed by atoms with Gasteiger partial charge in [0.05, 0.1) is 0 Å². The van der Waals surface area contributed by atoms with Gasteiger partial charge in [0.2, 0.25) is 5.91 Å². The summed E-state index contributed by atoms with van der Waals surface area (Å²) in [5.74, 6) is 0.606. The van der Waals surface area contributed by atoms with Gasteiger partial charge >= 0.3 is 0 Å². The standard InChI is InChI=1S/C20H34N2O/c1-16(2)19(15-18-11-7-5-8-12-18)20(23)22-14-10-6-9-13-21-17(3)4/h5,7-8,11-12,16-17,19,21H,6,9-10,13-15H2,1-4H3,(H,22,23). The Morgan fingerprint density at radius 3 is 2.22 bits per heavy atom. The molecule has 0 radical (unpaired) electrons. The molecule has 0 bridgehead atoms. The number of carbonyl (C=O) groups is 1. The van der Waals surface area contributed by atoms with E-state index < -0.39 is 0 Å². The molecule has 3 heteroatoms. The quantitative estimate of drug-likeness (QED) is 0.610. The van der Waals surface area contributed by atoms with Crippen LogP contribution in [-0.4, -0.2) is 25.0 Å². The first-order chi connectivity index (χ1) is 11.0. The highest BCUT2D eigenvalue weighted by Gasteiger charge is 2.21. The van der Waals surface area contributed by atoms with Crippen molar-refractivity contribution in [2.45, 2.75) is 59.4 Å². The lowest BCUT2D eigenvalue weighted by atomic mass is 9.88. The van der Waals surface area contributed by atoms with Crippen LogP contribution in [0.3, 0.4) is 0 Å². The SMILES string of the molecule is CC(C)NCCCCCNC(=O)C(Cc1ccccc1)C(C)C. The third-order valence-corrected chi connectivity index (χ3v) is 4.15. The van der Waals surface area contributed by atoms with Gasteiger partial charge in [0, 0.05) is 18.5 Å². The fourth-order valence-electron chi connectivity index (χ4n) is 2.66. The first kappa shape index (κ1) is 19.7. The molecule has 0 fully saturated rings. The average Bonchev–Trinajstić information content (AvgIpc) is 2.52. The maximum atomic E-state index is 12.4. The second-order valence-electron chi connectivity index (χ2n) is 7.00. The van der Waals surface area contributed by atoms with Crippen molar-refractivity contribution in [3.8, 4) is 0 Å². The fraction of sp³-hybridized carbons (Fsp3) is 0.650. The van der Waals surface area contributed by atoms with Crippen LogP contribution in [0, 0.1) is 11.8 Å². The van der Waals surface area contributed by atoms with E-state index in [4.69, 9.17) is 0 Å². The number of carbonyl (C=O) groups excluding carboxylic acids is 1. The lowest BCUT2D eigenvalue weighted by molar-refractivity contribution is -0.126. The second-order valence-corrected chi connectivity index (χ2v) is 7.00. The van der Waals surface area contributed by atoms with Gasteiger partial charge in [-0.05, 0) is 37.3 Å². The molecule has 3 nitrogen and oxygen atoms in total. The third kappa shape index (κ3) is 8.75. The topological polar surface area (TPSA) is 41.1 Å². The van der Waals surface area contributed by atoms with Crippen molar-refractivity contribution in [3.05, 3.63) is 35.9 Å². The molecular formula is C20H34N2O. The number of benzene rings is 1. The van der Waals surface area contributed by atoms with E-state index in [-0.39, 0.29) is 11.8 Å². The van der Waals surface area contributed by atoms with E-state index in [0.717, 1.165) is 32.4 Å². The van der Waals surface area contributed by atoms with Crippen molar-refractivity contribution in [1.29, 1.82) is 0 Å². The molecule has 1 atom stereocenters. The van der Waals surface area contributed by atoms with Crippen LogP contribution in [0.2, 0.25) is 0 Å². The van der Waals surface area contributed by atoms with Crippen LogP contribution in [0.5, 0.6) is 0 Å². The number of hydrogen-bond acceptors (Lipinski definition) is 2. The van der Waals surface area contributed by atoms with Crippen LogP contribution in [0.1, 0.15) is 52.5 Å². The zero-order valence-electron chi connectivity index (χ0n) is 15.3. The molecule has 0 aliphatic carbocycles. The van der Waals surface area contributed by atoms with Crippen molar-refractivity contribution in [2.75, 3.05) is 13.1 Å². The number of nitrogens with one attached hydrogen (secondary N) is 2. The summed E-state index contributed by atoms with van der Waals surface area (Å²) in [4.78, 5) is 12.4. The monoisotopic (exact) mass is 318 g/mol. The average molecular weight is 319 g/mol. The Hall–Kier alpha value is -1.35. The minimum Gasteiger partial charge on any atom is -0.356 e. The fourth-order valence-corrected chi connectivity index (χ4v) is 2.66. The summed E-state index contributed by atoms with van der Waals surface area (Å²) in [5.41, 5.74) is 1.24. The normalized spacial score (nSPS) is 12.6. The molecule has 1 amide bonds. The Kier molecular flexibility index (Phi) is 9.61. The summed E-state index contributed by atoms with van der Waals surface area (Å²) in [7, 11) is 0. The smallest absolute Gasteiger partial charge is 0.223 e.